The summed E-state index contributed by atoms with van der Waals surface area (Å²) in [5.41, 5.74) is 16.0. The number of hydrogen-bond acceptors (Lipinski definition) is 2. The maximum Gasteiger partial charge on any atom is 0.0372 e. The molecule has 2 heteroatoms. The van der Waals surface area contributed by atoms with E-state index in [0.29, 0.717) is 0 Å². The minimum atomic E-state index is -0.0611. The van der Waals surface area contributed by atoms with Gasteiger partial charge >= 0.3 is 0 Å². The van der Waals surface area contributed by atoms with Crippen molar-refractivity contribution in [1.82, 2.24) is 0 Å². The first kappa shape index (κ1) is 32.3. The van der Waals surface area contributed by atoms with Crippen LogP contribution in [0.3, 0.4) is 0 Å². The summed E-state index contributed by atoms with van der Waals surface area (Å²) in [5, 5.41) is 5.36. The first-order valence-electron chi connectivity index (χ1n) is 20.0. The van der Waals surface area contributed by atoms with Crippen LogP contribution >= 0.6 is 0 Å². The van der Waals surface area contributed by atoms with Gasteiger partial charge in [0.25, 0.3) is 0 Å². The Morgan fingerprint density at radius 3 is 1.49 bits per heavy atom. The SMILES string of the molecule is CC1(C)c2ccccc2-c2ccc(-c3c4ccc(N5CCCCC5)cc4c(-c4ccc(-c5ccccc5)cc4)c4ccc(N5CCCCC5)cc34)cc21. The molecule has 2 saturated heterocycles. The van der Waals surface area contributed by atoms with Crippen LogP contribution in [0.1, 0.15) is 63.5 Å². The van der Waals surface area contributed by atoms with Crippen molar-refractivity contribution in [3.8, 4) is 44.5 Å². The van der Waals surface area contributed by atoms with Crippen LogP contribution in [0.25, 0.3) is 66.1 Å². The maximum atomic E-state index is 2.62. The predicted molar refractivity (Wildman–Crippen MR) is 227 cm³/mol. The van der Waals surface area contributed by atoms with Crippen LogP contribution in [0.2, 0.25) is 0 Å². The molecule has 7 aromatic rings. The quantitative estimate of drug-likeness (QED) is 0.166. The highest BCUT2D eigenvalue weighted by Gasteiger charge is 2.35. The van der Waals surface area contributed by atoms with Gasteiger partial charge < -0.3 is 9.80 Å². The van der Waals surface area contributed by atoms with Gasteiger partial charge in [-0.2, -0.15) is 0 Å². The Bertz CT molecular complexity index is 2480. The Morgan fingerprint density at radius 2 is 0.868 bits per heavy atom. The molecule has 7 aromatic carbocycles. The molecule has 0 bridgehead atoms. The van der Waals surface area contributed by atoms with E-state index >= 15 is 0 Å². The second-order valence-corrected chi connectivity index (χ2v) is 16.2. The molecule has 262 valence electrons. The minimum Gasteiger partial charge on any atom is -0.372 e. The van der Waals surface area contributed by atoms with Crippen molar-refractivity contribution < 1.29 is 0 Å². The van der Waals surface area contributed by atoms with Crippen LogP contribution in [0, 0.1) is 0 Å². The molecule has 0 N–H and O–H groups in total. The summed E-state index contributed by atoms with van der Waals surface area (Å²) in [6.07, 6.45) is 7.72. The van der Waals surface area contributed by atoms with E-state index in [9.17, 15) is 0 Å². The number of hydrogen-bond donors (Lipinski definition) is 0. The summed E-state index contributed by atoms with van der Waals surface area (Å²) in [7, 11) is 0. The zero-order valence-electron chi connectivity index (χ0n) is 31.2. The third kappa shape index (κ3) is 5.45. The molecule has 10 rings (SSSR count). The van der Waals surface area contributed by atoms with Gasteiger partial charge in [0, 0.05) is 43.0 Å². The Labute approximate surface area is 314 Å². The lowest BCUT2D eigenvalue weighted by Crippen LogP contribution is -2.29. The van der Waals surface area contributed by atoms with Crippen molar-refractivity contribution >= 4 is 32.9 Å². The van der Waals surface area contributed by atoms with E-state index in [1.165, 1.54) is 127 Å². The first-order chi connectivity index (χ1) is 26.0. The molecule has 0 amide bonds. The summed E-state index contributed by atoms with van der Waals surface area (Å²) in [6, 6.07) is 51.2. The van der Waals surface area contributed by atoms with Gasteiger partial charge in [-0.15, -0.1) is 0 Å². The largest absolute Gasteiger partial charge is 0.372 e. The molecular formula is C51H48N2. The molecule has 0 saturated carbocycles. The van der Waals surface area contributed by atoms with Crippen molar-refractivity contribution in [2.75, 3.05) is 36.0 Å². The van der Waals surface area contributed by atoms with E-state index in [1.807, 2.05) is 0 Å². The number of piperidine rings is 2. The lowest BCUT2D eigenvalue weighted by atomic mass is 9.80. The van der Waals surface area contributed by atoms with Gasteiger partial charge in [0.1, 0.15) is 0 Å². The molecule has 2 heterocycles. The van der Waals surface area contributed by atoms with Gasteiger partial charge in [-0.1, -0.05) is 117 Å². The summed E-state index contributed by atoms with van der Waals surface area (Å²) in [6.45, 7) is 9.33. The van der Waals surface area contributed by atoms with E-state index in [1.54, 1.807) is 0 Å². The smallest absolute Gasteiger partial charge is 0.0372 e. The standard InChI is InChI=1S/C51H48N2/c1-51(2)47-17-9-8-16-41(47)42-25-22-38(32-48(42)51)50-44-27-24-39(52-28-10-4-11-29-52)33-45(44)49(37-20-18-36(19-21-37)35-14-6-3-7-15-35)43-26-23-40(34-46(43)50)53-30-12-5-13-31-53/h3,6-9,14-27,32-34H,4-5,10-13,28-31H2,1-2H3. The van der Waals surface area contributed by atoms with Crippen LogP contribution < -0.4 is 9.80 Å². The van der Waals surface area contributed by atoms with Crippen molar-refractivity contribution in [3.05, 3.63) is 145 Å². The molecular weight excluding hydrogens is 641 g/mol. The van der Waals surface area contributed by atoms with Gasteiger partial charge in [-0.3, -0.25) is 0 Å². The minimum absolute atomic E-state index is 0.0611. The van der Waals surface area contributed by atoms with Crippen molar-refractivity contribution in [1.29, 1.82) is 0 Å². The van der Waals surface area contributed by atoms with E-state index in [2.05, 4.69) is 157 Å². The Balaban J connectivity index is 1.25. The number of fused-ring (bicyclic) bond motifs is 5. The van der Waals surface area contributed by atoms with Crippen LogP contribution in [0.15, 0.2) is 133 Å². The Kier molecular flexibility index (Phi) is 7.90. The number of rotatable bonds is 5. The van der Waals surface area contributed by atoms with Crippen molar-refractivity contribution in [2.45, 2.75) is 57.8 Å². The van der Waals surface area contributed by atoms with Crippen molar-refractivity contribution in [2.24, 2.45) is 0 Å². The maximum absolute atomic E-state index is 2.62. The van der Waals surface area contributed by atoms with Gasteiger partial charge in [0.2, 0.25) is 0 Å². The molecule has 0 spiro atoms. The average molecular weight is 689 g/mol. The lowest BCUT2D eigenvalue weighted by molar-refractivity contribution is 0.578. The third-order valence-electron chi connectivity index (χ3n) is 12.7. The highest BCUT2D eigenvalue weighted by Crippen LogP contribution is 2.52. The van der Waals surface area contributed by atoms with E-state index in [4.69, 9.17) is 0 Å². The lowest BCUT2D eigenvalue weighted by Gasteiger charge is -2.30. The van der Waals surface area contributed by atoms with E-state index in [-0.39, 0.29) is 5.41 Å². The monoisotopic (exact) mass is 688 g/mol. The third-order valence-corrected chi connectivity index (χ3v) is 12.7. The molecule has 2 fully saturated rings. The summed E-state index contributed by atoms with van der Waals surface area (Å²) in [5.74, 6) is 0. The van der Waals surface area contributed by atoms with Crippen LogP contribution in [-0.4, -0.2) is 26.2 Å². The molecule has 53 heavy (non-hydrogen) atoms. The van der Waals surface area contributed by atoms with Gasteiger partial charge in [-0.05, 0) is 146 Å². The van der Waals surface area contributed by atoms with Gasteiger partial charge in [0.05, 0.1) is 0 Å². The summed E-state index contributed by atoms with van der Waals surface area (Å²) >= 11 is 0. The molecule has 2 aliphatic heterocycles. The van der Waals surface area contributed by atoms with Crippen LogP contribution in [0.5, 0.6) is 0 Å². The van der Waals surface area contributed by atoms with E-state index in [0.717, 1.165) is 26.2 Å². The zero-order valence-corrected chi connectivity index (χ0v) is 31.2. The molecule has 1 aliphatic carbocycles. The fourth-order valence-electron chi connectivity index (χ4n) is 9.84. The second kappa shape index (κ2) is 13.0. The van der Waals surface area contributed by atoms with Gasteiger partial charge in [-0.25, -0.2) is 0 Å². The number of nitrogens with zero attached hydrogens (tertiary/aromatic N) is 2. The molecule has 0 aromatic heterocycles. The second-order valence-electron chi connectivity index (χ2n) is 16.2. The number of benzene rings is 7. The van der Waals surface area contributed by atoms with Crippen LogP contribution in [-0.2, 0) is 5.41 Å². The average Bonchev–Trinajstić information content (AvgIpc) is 3.46. The first-order valence-corrected chi connectivity index (χ1v) is 20.0. The fourth-order valence-corrected chi connectivity index (χ4v) is 9.84. The molecule has 2 nitrogen and oxygen atoms in total. The number of anilines is 2. The molecule has 0 radical (unpaired) electrons. The normalized spacial score (nSPS) is 16.6. The zero-order chi connectivity index (χ0) is 35.5. The van der Waals surface area contributed by atoms with E-state index < -0.39 is 0 Å². The van der Waals surface area contributed by atoms with Crippen LogP contribution in [0.4, 0.5) is 11.4 Å². The molecule has 0 atom stereocenters. The van der Waals surface area contributed by atoms with Crippen molar-refractivity contribution in [3.63, 3.8) is 0 Å². The topological polar surface area (TPSA) is 6.48 Å². The molecule has 0 unspecified atom stereocenters. The predicted octanol–water partition coefficient (Wildman–Crippen LogP) is 13.3. The summed E-state index contributed by atoms with van der Waals surface area (Å²) in [4.78, 5) is 5.23. The molecule has 3 aliphatic rings. The Morgan fingerprint density at radius 1 is 0.377 bits per heavy atom. The fraction of sp³-hybridized carbons (Fsp3) is 0.255. The Hall–Kier alpha value is -5.34. The highest BCUT2D eigenvalue weighted by atomic mass is 15.1. The van der Waals surface area contributed by atoms with Gasteiger partial charge in [0.15, 0.2) is 0 Å². The summed E-state index contributed by atoms with van der Waals surface area (Å²) < 4.78 is 0. The highest BCUT2D eigenvalue weighted by molar-refractivity contribution is 6.22.